The Morgan fingerprint density at radius 3 is 2.62 bits per heavy atom. The molecule has 1 unspecified atom stereocenters. The number of hydrogen-bond acceptors (Lipinski definition) is 4. The summed E-state index contributed by atoms with van der Waals surface area (Å²) in [5, 5.41) is 0. The zero-order valence-corrected chi connectivity index (χ0v) is 8.32. The molecular formula is C9H17NO3. The molecule has 0 aromatic carbocycles. The summed E-state index contributed by atoms with van der Waals surface area (Å²) in [4.78, 5) is 10.8. The fraction of sp³-hybridized carbons (Fsp3) is 0.889. The molecular weight excluding hydrogens is 170 g/mol. The molecule has 0 radical (unpaired) electrons. The molecule has 1 saturated heterocycles. The van der Waals surface area contributed by atoms with Crippen molar-refractivity contribution < 1.29 is 14.3 Å². The van der Waals surface area contributed by atoms with Gasteiger partial charge in [-0.15, -0.1) is 0 Å². The van der Waals surface area contributed by atoms with E-state index in [0.29, 0.717) is 0 Å². The molecule has 0 bridgehead atoms. The monoisotopic (exact) mass is 187 g/mol. The minimum absolute atomic E-state index is 0.111. The van der Waals surface area contributed by atoms with Gasteiger partial charge in [-0.2, -0.15) is 0 Å². The first-order valence-electron chi connectivity index (χ1n) is 4.64. The Hall–Kier alpha value is -0.610. The number of carbonyl (C=O) groups excluding carboxylic acids is 1. The maximum Gasteiger partial charge on any atom is 0.303 e. The number of esters is 1. The second kappa shape index (κ2) is 4.07. The van der Waals surface area contributed by atoms with Crippen molar-refractivity contribution in [3.05, 3.63) is 0 Å². The third-order valence-electron chi connectivity index (χ3n) is 2.46. The first kappa shape index (κ1) is 10.5. The maximum atomic E-state index is 10.8. The van der Waals surface area contributed by atoms with E-state index < -0.39 is 6.23 Å². The smallest absolute Gasteiger partial charge is 0.303 e. The van der Waals surface area contributed by atoms with Crippen LogP contribution in [0.4, 0.5) is 0 Å². The van der Waals surface area contributed by atoms with Crippen LogP contribution in [0.25, 0.3) is 0 Å². The van der Waals surface area contributed by atoms with Gasteiger partial charge in [0.05, 0.1) is 6.10 Å². The van der Waals surface area contributed by atoms with Crippen LogP contribution in [-0.2, 0) is 14.3 Å². The zero-order valence-electron chi connectivity index (χ0n) is 8.32. The van der Waals surface area contributed by atoms with Crippen LogP contribution in [0.3, 0.4) is 0 Å². The van der Waals surface area contributed by atoms with Crippen molar-refractivity contribution in [2.75, 3.05) is 0 Å². The Labute approximate surface area is 78.4 Å². The summed E-state index contributed by atoms with van der Waals surface area (Å²) in [6, 6.07) is 0. The molecule has 1 rings (SSSR count). The van der Waals surface area contributed by atoms with E-state index in [2.05, 4.69) is 0 Å². The van der Waals surface area contributed by atoms with E-state index in [9.17, 15) is 4.79 Å². The summed E-state index contributed by atoms with van der Waals surface area (Å²) < 4.78 is 10.5. The standard InChI is InChI=1S/C9H17NO3/c1-4-7-5(2)8(9(10)13-7)12-6(3)11/h5,7-9H,4,10H2,1-3H3/t5-,7+,8?,9+/m0/s1. The molecule has 0 aromatic heterocycles. The van der Waals surface area contributed by atoms with Gasteiger partial charge < -0.3 is 15.2 Å². The molecule has 1 aliphatic rings. The Morgan fingerprint density at radius 1 is 1.62 bits per heavy atom. The van der Waals surface area contributed by atoms with Crippen molar-refractivity contribution in [3.63, 3.8) is 0 Å². The number of carbonyl (C=O) groups is 1. The van der Waals surface area contributed by atoms with Crippen LogP contribution in [0.2, 0.25) is 0 Å². The Bertz CT molecular complexity index is 195. The van der Waals surface area contributed by atoms with Gasteiger partial charge in [0.2, 0.25) is 0 Å². The largest absolute Gasteiger partial charge is 0.458 e. The van der Waals surface area contributed by atoms with Gasteiger partial charge in [-0.3, -0.25) is 4.79 Å². The molecule has 0 aliphatic carbocycles. The fourth-order valence-corrected chi connectivity index (χ4v) is 1.75. The van der Waals surface area contributed by atoms with Gasteiger partial charge in [0, 0.05) is 12.8 Å². The van der Waals surface area contributed by atoms with Gasteiger partial charge in [0.15, 0.2) is 0 Å². The predicted molar refractivity (Wildman–Crippen MR) is 47.9 cm³/mol. The minimum Gasteiger partial charge on any atom is -0.458 e. The van der Waals surface area contributed by atoms with Crippen LogP contribution in [0, 0.1) is 5.92 Å². The lowest BCUT2D eigenvalue weighted by molar-refractivity contribution is -0.150. The molecule has 1 aliphatic heterocycles. The second-order valence-electron chi connectivity index (χ2n) is 3.48. The number of nitrogens with two attached hydrogens (primary N) is 1. The van der Waals surface area contributed by atoms with Gasteiger partial charge in [-0.05, 0) is 6.42 Å². The lowest BCUT2D eigenvalue weighted by Gasteiger charge is -2.17. The van der Waals surface area contributed by atoms with Crippen LogP contribution < -0.4 is 5.73 Å². The molecule has 1 heterocycles. The van der Waals surface area contributed by atoms with Gasteiger partial charge in [0.25, 0.3) is 0 Å². The first-order valence-corrected chi connectivity index (χ1v) is 4.64. The molecule has 4 heteroatoms. The highest BCUT2D eigenvalue weighted by Crippen LogP contribution is 2.28. The maximum absolute atomic E-state index is 10.8. The SMILES string of the molecule is CC[C@H]1O[C@@H](N)C(OC(C)=O)[C@H]1C. The molecule has 4 nitrogen and oxygen atoms in total. The first-order chi connectivity index (χ1) is 6.06. The molecule has 4 atom stereocenters. The highest BCUT2D eigenvalue weighted by Gasteiger charge is 2.41. The van der Waals surface area contributed by atoms with Crippen molar-refractivity contribution >= 4 is 5.97 Å². The van der Waals surface area contributed by atoms with Crippen LogP contribution in [-0.4, -0.2) is 24.4 Å². The van der Waals surface area contributed by atoms with E-state index in [1.807, 2.05) is 13.8 Å². The van der Waals surface area contributed by atoms with Crippen molar-refractivity contribution in [2.45, 2.75) is 45.6 Å². The molecule has 0 spiro atoms. The second-order valence-corrected chi connectivity index (χ2v) is 3.48. The van der Waals surface area contributed by atoms with Crippen LogP contribution in [0.15, 0.2) is 0 Å². The zero-order chi connectivity index (χ0) is 10.0. The van der Waals surface area contributed by atoms with Gasteiger partial charge in [-0.1, -0.05) is 13.8 Å². The Kier molecular flexibility index (Phi) is 3.27. The van der Waals surface area contributed by atoms with Crippen LogP contribution in [0.5, 0.6) is 0 Å². The van der Waals surface area contributed by atoms with E-state index in [4.69, 9.17) is 15.2 Å². The van der Waals surface area contributed by atoms with Gasteiger partial charge >= 0.3 is 5.97 Å². The quantitative estimate of drug-likeness (QED) is 0.645. The van der Waals surface area contributed by atoms with E-state index in [1.165, 1.54) is 6.92 Å². The van der Waals surface area contributed by atoms with Crippen molar-refractivity contribution in [1.29, 1.82) is 0 Å². The molecule has 0 saturated carbocycles. The van der Waals surface area contributed by atoms with Crippen LogP contribution in [0.1, 0.15) is 27.2 Å². The van der Waals surface area contributed by atoms with Gasteiger partial charge in [-0.25, -0.2) is 0 Å². The highest BCUT2D eigenvalue weighted by molar-refractivity contribution is 5.66. The Balaban J connectivity index is 2.58. The van der Waals surface area contributed by atoms with Crippen LogP contribution >= 0.6 is 0 Å². The third-order valence-corrected chi connectivity index (χ3v) is 2.46. The average Bonchev–Trinajstić information content (AvgIpc) is 2.31. The van der Waals surface area contributed by atoms with Crippen molar-refractivity contribution in [2.24, 2.45) is 11.7 Å². The Morgan fingerprint density at radius 2 is 2.23 bits per heavy atom. The van der Waals surface area contributed by atoms with E-state index >= 15 is 0 Å². The molecule has 2 N–H and O–H groups in total. The number of rotatable bonds is 2. The normalized spacial score (nSPS) is 39.1. The molecule has 1 fully saturated rings. The third kappa shape index (κ3) is 2.19. The summed E-state index contributed by atoms with van der Waals surface area (Å²) in [5.74, 6) is -0.114. The lowest BCUT2D eigenvalue weighted by Crippen LogP contribution is -2.36. The molecule has 0 amide bonds. The number of hydrogen-bond donors (Lipinski definition) is 1. The van der Waals surface area contributed by atoms with E-state index in [1.54, 1.807) is 0 Å². The minimum atomic E-state index is -0.469. The van der Waals surface area contributed by atoms with Gasteiger partial charge in [0.1, 0.15) is 12.3 Å². The molecule has 0 aromatic rings. The number of ether oxygens (including phenoxy) is 2. The molecule has 13 heavy (non-hydrogen) atoms. The van der Waals surface area contributed by atoms with Crippen molar-refractivity contribution in [1.82, 2.24) is 0 Å². The predicted octanol–water partition coefficient (Wildman–Crippen LogP) is 0.648. The highest BCUT2D eigenvalue weighted by atomic mass is 16.6. The summed E-state index contributed by atoms with van der Waals surface area (Å²) in [6.45, 7) is 5.41. The van der Waals surface area contributed by atoms with E-state index in [-0.39, 0.29) is 24.1 Å². The summed E-state index contributed by atoms with van der Waals surface area (Å²) >= 11 is 0. The summed E-state index contributed by atoms with van der Waals surface area (Å²) in [6.07, 6.45) is 0.248. The molecule has 76 valence electrons. The lowest BCUT2D eigenvalue weighted by atomic mass is 9.99. The topological polar surface area (TPSA) is 61.6 Å². The van der Waals surface area contributed by atoms with Crippen molar-refractivity contribution in [3.8, 4) is 0 Å². The average molecular weight is 187 g/mol. The van der Waals surface area contributed by atoms with E-state index in [0.717, 1.165) is 6.42 Å². The fourth-order valence-electron chi connectivity index (χ4n) is 1.75. The summed E-state index contributed by atoms with van der Waals surface area (Å²) in [7, 11) is 0. The summed E-state index contributed by atoms with van der Waals surface area (Å²) in [5.41, 5.74) is 5.68.